The fourth-order valence-corrected chi connectivity index (χ4v) is 7.95. The number of hydrogen-bond donors (Lipinski definition) is 0. The fraction of sp³-hybridized carbons (Fsp3) is 0. The van der Waals surface area contributed by atoms with E-state index in [1.54, 1.807) is 0 Å². The van der Waals surface area contributed by atoms with E-state index in [0.717, 1.165) is 17.1 Å². The number of nitrogens with zero attached hydrogens (tertiary/aromatic N) is 1. The van der Waals surface area contributed by atoms with Gasteiger partial charge in [-0.25, -0.2) is 0 Å². The minimum atomic E-state index is 1.11. The normalized spacial score (nSPS) is 11.4. The lowest BCUT2D eigenvalue weighted by Crippen LogP contribution is -2.11. The van der Waals surface area contributed by atoms with Crippen LogP contribution in [0.2, 0.25) is 0 Å². The molecule has 0 unspecified atom stereocenters. The Bertz CT molecular complexity index is 2920. The van der Waals surface area contributed by atoms with Gasteiger partial charge in [0.05, 0.1) is 5.69 Å². The summed E-state index contributed by atoms with van der Waals surface area (Å²) in [5, 5.41) is 10.1. The van der Waals surface area contributed by atoms with Gasteiger partial charge in [0.2, 0.25) is 0 Å². The maximum atomic E-state index is 2.40. The van der Waals surface area contributed by atoms with Gasteiger partial charge in [0.15, 0.2) is 0 Å². The first-order valence-corrected chi connectivity index (χ1v) is 18.3. The number of rotatable bonds is 6. The molecule has 0 atom stereocenters. The number of benzene rings is 10. The highest BCUT2D eigenvalue weighted by Crippen LogP contribution is 2.43. The predicted octanol–water partition coefficient (Wildman–Crippen LogP) is 14.8. The summed E-state index contributed by atoms with van der Waals surface area (Å²) in [5.74, 6) is 0. The Morgan fingerprint density at radius 1 is 0.264 bits per heavy atom. The van der Waals surface area contributed by atoms with Crippen molar-refractivity contribution in [3.8, 4) is 33.4 Å². The lowest BCUT2D eigenvalue weighted by Gasteiger charge is -2.28. The minimum Gasteiger partial charge on any atom is -0.310 e. The third-order valence-electron chi connectivity index (χ3n) is 10.6. The van der Waals surface area contributed by atoms with Crippen LogP contribution in [0.4, 0.5) is 17.1 Å². The Labute approximate surface area is 309 Å². The predicted molar refractivity (Wildman–Crippen MR) is 227 cm³/mol. The Kier molecular flexibility index (Phi) is 7.55. The molecule has 53 heavy (non-hydrogen) atoms. The van der Waals surface area contributed by atoms with Crippen molar-refractivity contribution in [2.45, 2.75) is 0 Å². The Balaban J connectivity index is 1.10. The van der Waals surface area contributed by atoms with Crippen molar-refractivity contribution < 1.29 is 0 Å². The van der Waals surface area contributed by atoms with Crippen molar-refractivity contribution in [1.82, 2.24) is 0 Å². The summed E-state index contributed by atoms with van der Waals surface area (Å²) in [6.45, 7) is 0. The first-order valence-electron chi connectivity index (χ1n) is 18.3. The van der Waals surface area contributed by atoms with Gasteiger partial charge in [0, 0.05) is 16.9 Å². The summed E-state index contributed by atoms with van der Waals surface area (Å²) >= 11 is 0. The van der Waals surface area contributed by atoms with Crippen LogP contribution in [-0.4, -0.2) is 0 Å². The van der Waals surface area contributed by atoms with Crippen LogP contribution < -0.4 is 4.90 Å². The van der Waals surface area contributed by atoms with E-state index in [4.69, 9.17) is 0 Å². The van der Waals surface area contributed by atoms with E-state index in [9.17, 15) is 0 Å². The van der Waals surface area contributed by atoms with Gasteiger partial charge in [-0.05, 0) is 113 Å². The van der Waals surface area contributed by atoms with E-state index in [1.807, 2.05) is 0 Å². The third-order valence-corrected chi connectivity index (χ3v) is 10.6. The monoisotopic (exact) mass is 673 g/mol. The molecule has 0 aliphatic heterocycles. The topological polar surface area (TPSA) is 3.24 Å². The minimum absolute atomic E-state index is 1.11. The van der Waals surface area contributed by atoms with Crippen molar-refractivity contribution in [1.29, 1.82) is 0 Å². The van der Waals surface area contributed by atoms with Gasteiger partial charge in [0.1, 0.15) is 0 Å². The Hall–Kier alpha value is -6.96. The van der Waals surface area contributed by atoms with Gasteiger partial charge in [-0.1, -0.05) is 170 Å². The molecule has 0 aliphatic carbocycles. The smallest absolute Gasteiger partial charge is 0.0540 e. The molecule has 1 heteroatoms. The lowest BCUT2D eigenvalue weighted by molar-refractivity contribution is 1.29. The van der Waals surface area contributed by atoms with Crippen molar-refractivity contribution in [2.24, 2.45) is 0 Å². The van der Waals surface area contributed by atoms with Gasteiger partial charge in [-0.15, -0.1) is 0 Å². The zero-order valence-corrected chi connectivity index (χ0v) is 29.2. The van der Waals surface area contributed by atoms with Crippen molar-refractivity contribution in [3.63, 3.8) is 0 Å². The van der Waals surface area contributed by atoms with E-state index >= 15 is 0 Å². The largest absolute Gasteiger partial charge is 0.310 e. The van der Waals surface area contributed by atoms with Crippen LogP contribution >= 0.6 is 0 Å². The fourth-order valence-electron chi connectivity index (χ4n) is 7.95. The standard InChI is InChI=1S/C52H35N/c1-3-11-36(12-4-1)42-25-26-44-34-47(32-29-43(44)33-42)53(51-18-10-9-16-48(51)38-13-5-2-6-14-38)46-30-27-37(28-31-46)45-24-21-40-20-23-41-22-19-39-15-7-8-17-49(39)52(41)50(40)35-45/h1-35H. The molecule has 0 spiro atoms. The molecule has 0 heterocycles. The molecule has 0 fully saturated rings. The summed E-state index contributed by atoms with van der Waals surface area (Å²) in [5.41, 5.74) is 10.6. The van der Waals surface area contributed by atoms with E-state index in [1.165, 1.54) is 76.5 Å². The summed E-state index contributed by atoms with van der Waals surface area (Å²) < 4.78 is 0. The lowest BCUT2D eigenvalue weighted by atomic mass is 9.94. The maximum Gasteiger partial charge on any atom is 0.0540 e. The first kappa shape index (κ1) is 30.8. The van der Waals surface area contributed by atoms with Gasteiger partial charge in [0.25, 0.3) is 0 Å². The van der Waals surface area contributed by atoms with Gasteiger partial charge < -0.3 is 4.90 Å². The molecule has 0 N–H and O–H groups in total. The zero-order chi connectivity index (χ0) is 35.1. The van der Waals surface area contributed by atoms with Crippen LogP contribution in [0, 0.1) is 0 Å². The van der Waals surface area contributed by atoms with Gasteiger partial charge in [-0.2, -0.15) is 0 Å². The Morgan fingerprint density at radius 2 is 0.774 bits per heavy atom. The maximum absolute atomic E-state index is 2.40. The highest BCUT2D eigenvalue weighted by atomic mass is 15.1. The van der Waals surface area contributed by atoms with Gasteiger partial charge >= 0.3 is 0 Å². The summed E-state index contributed by atoms with van der Waals surface area (Å²) in [6, 6.07) is 77.2. The molecule has 10 rings (SSSR count). The molecule has 0 amide bonds. The van der Waals surface area contributed by atoms with E-state index < -0.39 is 0 Å². The molecule has 10 aromatic carbocycles. The highest BCUT2D eigenvalue weighted by Gasteiger charge is 2.18. The van der Waals surface area contributed by atoms with Crippen LogP contribution in [0.3, 0.4) is 0 Å². The van der Waals surface area contributed by atoms with Crippen LogP contribution in [0.15, 0.2) is 212 Å². The average molecular weight is 674 g/mol. The van der Waals surface area contributed by atoms with E-state index in [0.29, 0.717) is 0 Å². The molecule has 10 aromatic rings. The molecular weight excluding hydrogens is 639 g/mol. The van der Waals surface area contributed by atoms with Crippen LogP contribution in [0.25, 0.3) is 76.5 Å². The van der Waals surface area contributed by atoms with Crippen molar-refractivity contribution >= 4 is 60.2 Å². The second-order valence-electron chi connectivity index (χ2n) is 13.8. The van der Waals surface area contributed by atoms with Crippen LogP contribution in [0.1, 0.15) is 0 Å². The number of hydrogen-bond acceptors (Lipinski definition) is 1. The van der Waals surface area contributed by atoms with Crippen LogP contribution in [0.5, 0.6) is 0 Å². The second-order valence-corrected chi connectivity index (χ2v) is 13.8. The molecule has 0 radical (unpaired) electrons. The summed E-state index contributed by atoms with van der Waals surface area (Å²) in [4.78, 5) is 2.40. The SMILES string of the molecule is c1ccc(-c2ccc3cc(N(c4ccc(-c5ccc6ccc7ccc8ccccc8c7c6c5)cc4)c4ccccc4-c4ccccc4)ccc3c2)cc1. The molecule has 0 saturated heterocycles. The third kappa shape index (κ3) is 5.60. The molecular formula is C52H35N. The molecule has 248 valence electrons. The summed E-state index contributed by atoms with van der Waals surface area (Å²) in [7, 11) is 0. The van der Waals surface area contributed by atoms with Crippen LogP contribution in [-0.2, 0) is 0 Å². The van der Waals surface area contributed by atoms with E-state index in [-0.39, 0.29) is 0 Å². The van der Waals surface area contributed by atoms with E-state index in [2.05, 4.69) is 217 Å². The number of para-hydroxylation sites is 1. The van der Waals surface area contributed by atoms with Gasteiger partial charge in [-0.3, -0.25) is 0 Å². The average Bonchev–Trinajstić information content (AvgIpc) is 3.24. The number of anilines is 3. The first-order chi connectivity index (χ1) is 26.3. The number of fused-ring (bicyclic) bond motifs is 6. The van der Waals surface area contributed by atoms with Crippen molar-refractivity contribution in [3.05, 3.63) is 212 Å². The summed E-state index contributed by atoms with van der Waals surface area (Å²) in [6.07, 6.45) is 0. The van der Waals surface area contributed by atoms with Crippen molar-refractivity contribution in [2.75, 3.05) is 4.90 Å². The zero-order valence-electron chi connectivity index (χ0n) is 29.2. The second kappa shape index (κ2) is 13.0. The highest BCUT2D eigenvalue weighted by molar-refractivity contribution is 6.20. The molecule has 0 bridgehead atoms. The molecule has 1 nitrogen and oxygen atoms in total. The quantitative estimate of drug-likeness (QED) is 0.159. The molecule has 0 saturated carbocycles. The molecule has 0 aliphatic rings. The Morgan fingerprint density at radius 3 is 1.57 bits per heavy atom. The molecule has 0 aromatic heterocycles.